The molecule has 0 aliphatic rings. The molecule has 0 bridgehead atoms. The highest BCUT2D eigenvalue weighted by molar-refractivity contribution is 6.04. The number of hydrogen-bond acceptors (Lipinski definition) is 3. The Labute approximate surface area is 214 Å². The fourth-order valence-electron chi connectivity index (χ4n) is 4.47. The minimum atomic E-state index is -0.854. The van der Waals surface area contributed by atoms with Crippen molar-refractivity contribution in [1.82, 2.24) is 4.57 Å². The third-order valence-corrected chi connectivity index (χ3v) is 6.37. The van der Waals surface area contributed by atoms with Crippen molar-refractivity contribution in [2.24, 2.45) is 0 Å². The van der Waals surface area contributed by atoms with Crippen LogP contribution >= 0.6 is 0 Å². The molecule has 0 saturated carbocycles. The highest BCUT2D eigenvalue weighted by atomic mass is 16.5. The molecule has 1 unspecified atom stereocenters. The molecule has 1 aromatic heterocycles. The topological polar surface area (TPSA) is 80.6 Å². The monoisotopic (exact) mass is 490 g/mol. The van der Waals surface area contributed by atoms with Gasteiger partial charge in [-0.05, 0) is 67.7 Å². The lowest BCUT2D eigenvalue weighted by Crippen LogP contribution is -2.11. The molecule has 3 rings (SSSR count). The minimum Gasteiger partial charge on any atom is -0.491 e. The normalized spacial score (nSPS) is 12.5. The Kier molecular flexibility index (Phi) is 10.2. The Morgan fingerprint density at radius 3 is 2.61 bits per heavy atom. The highest BCUT2D eigenvalue weighted by Gasteiger charge is 2.13. The number of carboxylic acids is 1. The second kappa shape index (κ2) is 13.5. The van der Waals surface area contributed by atoms with Crippen molar-refractivity contribution in [3.05, 3.63) is 66.4 Å². The first kappa shape index (κ1) is 27.1. The van der Waals surface area contributed by atoms with Crippen LogP contribution in [0.25, 0.3) is 16.5 Å². The van der Waals surface area contributed by atoms with Gasteiger partial charge in [0, 0.05) is 35.6 Å². The number of fused-ring (bicyclic) bond motifs is 1. The number of unbranched alkanes of at least 4 members (excludes halogenated alkanes) is 1. The van der Waals surface area contributed by atoms with Crippen LogP contribution in [0.5, 0.6) is 5.75 Å². The maximum Gasteiger partial charge on any atom is 0.303 e. The average Bonchev–Trinajstić information content (AvgIpc) is 3.28. The summed E-state index contributed by atoms with van der Waals surface area (Å²) in [7, 11) is 0. The molecule has 3 aromatic rings. The van der Waals surface area contributed by atoms with Crippen molar-refractivity contribution < 1.29 is 19.4 Å². The van der Waals surface area contributed by atoms with Crippen molar-refractivity contribution in [2.45, 2.75) is 71.8 Å². The molecule has 2 N–H and O–H groups in total. The Bertz CT molecular complexity index is 1190. The zero-order valence-corrected chi connectivity index (χ0v) is 21.6. The largest absolute Gasteiger partial charge is 0.491 e. The number of carbonyl (C=O) groups is 2. The van der Waals surface area contributed by atoms with Crippen LogP contribution in [0.1, 0.15) is 77.3 Å². The minimum absolute atomic E-state index is 0.0438. The molecule has 1 atom stereocenters. The Morgan fingerprint density at radius 1 is 1.06 bits per heavy atom. The van der Waals surface area contributed by atoms with Gasteiger partial charge in [0.1, 0.15) is 5.75 Å². The number of rotatable bonds is 14. The predicted octanol–water partition coefficient (Wildman–Crippen LogP) is 7.46. The van der Waals surface area contributed by atoms with Crippen LogP contribution in [0.3, 0.4) is 0 Å². The van der Waals surface area contributed by atoms with Gasteiger partial charge in [-0.25, -0.2) is 0 Å². The van der Waals surface area contributed by atoms with Crippen LogP contribution in [0.4, 0.5) is 5.69 Å². The van der Waals surface area contributed by atoms with Crippen molar-refractivity contribution in [3.63, 3.8) is 0 Å². The number of anilines is 1. The molecule has 0 fully saturated rings. The van der Waals surface area contributed by atoms with Crippen molar-refractivity contribution in [1.29, 1.82) is 0 Å². The van der Waals surface area contributed by atoms with Gasteiger partial charge in [-0.1, -0.05) is 51.3 Å². The van der Waals surface area contributed by atoms with E-state index >= 15 is 0 Å². The van der Waals surface area contributed by atoms with Gasteiger partial charge in [-0.2, -0.15) is 0 Å². The van der Waals surface area contributed by atoms with Gasteiger partial charge in [-0.15, -0.1) is 0 Å². The summed E-state index contributed by atoms with van der Waals surface area (Å²) in [5.41, 5.74) is 3.68. The zero-order valence-electron chi connectivity index (χ0n) is 21.6. The first-order valence-electron chi connectivity index (χ1n) is 13.0. The van der Waals surface area contributed by atoms with Gasteiger partial charge < -0.3 is 19.7 Å². The average molecular weight is 491 g/mol. The molecular weight excluding hydrogens is 452 g/mol. The first-order chi connectivity index (χ1) is 17.4. The van der Waals surface area contributed by atoms with Gasteiger partial charge in [0.15, 0.2) is 0 Å². The third kappa shape index (κ3) is 7.48. The summed E-state index contributed by atoms with van der Waals surface area (Å²) in [6.07, 6.45) is 10.2. The van der Waals surface area contributed by atoms with E-state index < -0.39 is 5.97 Å². The maximum absolute atomic E-state index is 12.8. The second-order valence-corrected chi connectivity index (χ2v) is 9.24. The molecule has 0 spiro atoms. The summed E-state index contributed by atoms with van der Waals surface area (Å²) in [6, 6.07) is 16.2. The van der Waals surface area contributed by atoms with Crippen LogP contribution in [0.2, 0.25) is 0 Å². The first-order valence-corrected chi connectivity index (χ1v) is 13.0. The molecular formula is C30H38N2O4. The van der Waals surface area contributed by atoms with Crippen molar-refractivity contribution in [3.8, 4) is 5.75 Å². The highest BCUT2D eigenvalue weighted by Crippen LogP contribution is 2.29. The molecule has 0 saturated heterocycles. The molecule has 36 heavy (non-hydrogen) atoms. The van der Waals surface area contributed by atoms with Gasteiger partial charge in [0.05, 0.1) is 12.3 Å². The molecule has 2 aromatic carbocycles. The number of hydrogen-bond donors (Lipinski definition) is 2. The number of allylic oxidation sites excluding steroid dienone is 1. The number of nitrogens with zero attached hydrogens (tertiary/aromatic N) is 1. The van der Waals surface area contributed by atoms with Gasteiger partial charge in [0.2, 0.25) is 5.91 Å². The van der Waals surface area contributed by atoms with E-state index in [0.717, 1.165) is 11.1 Å². The molecule has 1 heterocycles. The number of carboxylic acid groups (broad SMARTS) is 1. The SMILES string of the molecule is CCCCC(CCC)n1ccc2cc(C(C)=CC(=O)Nc3ccccc3OCCCC(=O)O)ccc21. The van der Waals surface area contributed by atoms with Crippen LogP contribution in [-0.4, -0.2) is 28.2 Å². The van der Waals surface area contributed by atoms with E-state index in [9.17, 15) is 9.59 Å². The van der Waals surface area contributed by atoms with E-state index in [1.165, 1.54) is 43.0 Å². The number of benzene rings is 2. The van der Waals surface area contributed by atoms with Gasteiger partial charge in [0.25, 0.3) is 0 Å². The lowest BCUT2D eigenvalue weighted by molar-refractivity contribution is -0.137. The molecule has 0 aliphatic carbocycles. The summed E-state index contributed by atoms with van der Waals surface area (Å²) in [4.78, 5) is 23.5. The number of nitrogens with one attached hydrogen (secondary N) is 1. The molecule has 6 nitrogen and oxygen atoms in total. The predicted molar refractivity (Wildman–Crippen MR) is 146 cm³/mol. The van der Waals surface area contributed by atoms with E-state index in [0.29, 0.717) is 23.9 Å². The van der Waals surface area contributed by atoms with E-state index in [4.69, 9.17) is 9.84 Å². The molecule has 1 amide bonds. The molecule has 192 valence electrons. The number of carbonyl (C=O) groups excluding carboxylic acids is 1. The Balaban J connectivity index is 1.71. The maximum atomic E-state index is 12.8. The Hall–Kier alpha value is -3.54. The Morgan fingerprint density at radius 2 is 1.86 bits per heavy atom. The van der Waals surface area contributed by atoms with E-state index in [-0.39, 0.29) is 18.9 Å². The molecule has 0 radical (unpaired) electrons. The van der Waals surface area contributed by atoms with Gasteiger partial charge in [-0.3, -0.25) is 9.59 Å². The lowest BCUT2D eigenvalue weighted by Gasteiger charge is -2.19. The van der Waals surface area contributed by atoms with E-state index in [2.05, 4.69) is 54.2 Å². The quantitative estimate of drug-likeness (QED) is 0.182. The standard InChI is InChI=1S/C30H38N2O4/c1-4-6-11-25(10-5-2)32-18-17-24-21-23(15-16-27(24)32)22(3)20-29(33)31-26-12-7-8-13-28(26)36-19-9-14-30(34)35/h7-8,12-13,15-18,20-21,25H,4-6,9-11,14,19H2,1-3H3,(H,31,33)(H,34,35). The smallest absolute Gasteiger partial charge is 0.303 e. The van der Waals surface area contributed by atoms with E-state index in [1.807, 2.05) is 19.1 Å². The number of para-hydroxylation sites is 2. The van der Waals surface area contributed by atoms with Crippen LogP contribution < -0.4 is 10.1 Å². The number of ether oxygens (including phenoxy) is 1. The second-order valence-electron chi connectivity index (χ2n) is 9.24. The zero-order chi connectivity index (χ0) is 25.9. The fraction of sp³-hybridized carbons (Fsp3) is 0.400. The summed E-state index contributed by atoms with van der Waals surface area (Å²) in [5.74, 6) is -0.572. The van der Waals surface area contributed by atoms with Crippen molar-refractivity contribution in [2.75, 3.05) is 11.9 Å². The number of amides is 1. The summed E-state index contributed by atoms with van der Waals surface area (Å²) < 4.78 is 8.10. The third-order valence-electron chi connectivity index (χ3n) is 6.37. The van der Waals surface area contributed by atoms with Crippen molar-refractivity contribution >= 4 is 34.0 Å². The summed E-state index contributed by atoms with van der Waals surface area (Å²) in [5, 5.41) is 12.8. The van der Waals surface area contributed by atoms with Gasteiger partial charge >= 0.3 is 5.97 Å². The summed E-state index contributed by atoms with van der Waals surface area (Å²) >= 11 is 0. The van der Waals surface area contributed by atoms with Crippen LogP contribution in [-0.2, 0) is 9.59 Å². The fourth-order valence-corrected chi connectivity index (χ4v) is 4.47. The number of aliphatic carboxylic acids is 1. The number of aromatic nitrogens is 1. The molecule has 6 heteroatoms. The van der Waals surface area contributed by atoms with Crippen LogP contribution in [0, 0.1) is 0 Å². The van der Waals surface area contributed by atoms with Crippen LogP contribution in [0.15, 0.2) is 60.8 Å². The lowest BCUT2D eigenvalue weighted by atomic mass is 10.0. The molecule has 0 aliphatic heterocycles. The van der Waals surface area contributed by atoms with E-state index in [1.54, 1.807) is 18.2 Å². The summed E-state index contributed by atoms with van der Waals surface area (Å²) in [6.45, 7) is 6.69.